The van der Waals surface area contributed by atoms with E-state index in [1.165, 1.54) is 0 Å². The molecule has 8 heavy (non-hydrogen) atoms. The van der Waals surface area contributed by atoms with Crippen molar-refractivity contribution in [2.75, 3.05) is 6.54 Å². The highest BCUT2D eigenvalue weighted by Gasteiger charge is 2.15. The summed E-state index contributed by atoms with van der Waals surface area (Å²) < 4.78 is 27.5. The molecule has 0 radical (unpaired) electrons. The van der Waals surface area contributed by atoms with Gasteiger partial charge in [0.25, 0.3) is 10.1 Å². The van der Waals surface area contributed by atoms with Crippen molar-refractivity contribution in [3.05, 3.63) is 0 Å². The zero-order valence-corrected chi connectivity index (χ0v) is 4.80. The van der Waals surface area contributed by atoms with Crippen molar-refractivity contribution in [1.82, 2.24) is 0 Å². The highest BCUT2D eigenvalue weighted by Crippen LogP contribution is 1.88. The summed E-state index contributed by atoms with van der Waals surface area (Å²) in [5, 5.41) is 8.23. The van der Waals surface area contributed by atoms with E-state index in [4.69, 9.17) is 9.66 Å². The van der Waals surface area contributed by atoms with Crippen LogP contribution < -0.4 is 5.73 Å². The Morgan fingerprint density at radius 1 is 1.62 bits per heavy atom. The van der Waals surface area contributed by atoms with Crippen molar-refractivity contribution < 1.29 is 18.1 Å². The summed E-state index contributed by atoms with van der Waals surface area (Å²) in [6, 6.07) is 0. The Hall–Kier alpha value is -0.170. The van der Waals surface area contributed by atoms with Crippen molar-refractivity contribution in [2.45, 2.75) is 5.44 Å². The SMILES string of the molecule is NCC(O)S(=O)(=O)O. The van der Waals surface area contributed by atoms with E-state index in [1.54, 1.807) is 0 Å². The Labute approximate surface area is 46.9 Å². The third-order valence-electron chi connectivity index (χ3n) is 0.545. The van der Waals surface area contributed by atoms with Gasteiger partial charge in [-0.1, -0.05) is 0 Å². The van der Waals surface area contributed by atoms with Gasteiger partial charge in [-0.05, 0) is 0 Å². The van der Waals surface area contributed by atoms with Crippen molar-refractivity contribution in [1.29, 1.82) is 0 Å². The van der Waals surface area contributed by atoms with Gasteiger partial charge >= 0.3 is 0 Å². The van der Waals surface area contributed by atoms with Crippen LogP contribution in [0.2, 0.25) is 0 Å². The molecule has 0 aromatic rings. The minimum absolute atomic E-state index is 0.487. The summed E-state index contributed by atoms with van der Waals surface area (Å²) in [6.07, 6.45) is 0. The minimum atomic E-state index is -4.32. The fraction of sp³-hybridized carbons (Fsp3) is 1.00. The standard InChI is InChI=1S/C2H7NO4S/c3-1-2(4)8(5,6)7/h2,4H,1,3H2,(H,5,6,7). The van der Waals surface area contributed by atoms with Gasteiger partial charge in [-0.2, -0.15) is 8.42 Å². The van der Waals surface area contributed by atoms with Crippen LogP contribution in [0.5, 0.6) is 0 Å². The Morgan fingerprint density at radius 2 is 2.00 bits per heavy atom. The van der Waals surface area contributed by atoms with Crippen molar-refractivity contribution in [3.63, 3.8) is 0 Å². The summed E-state index contributed by atoms with van der Waals surface area (Å²) in [7, 11) is -4.32. The van der Waals surface area contributed by atoms with Gasteiger partial charge in [0.2, 0.25) is 0 Å². The summed E-state index contributed by atoms with van der Waals surface area (Å²) >= 11 is 0. The molecule has 0 fully saturated rings. The van der Waals surface area contributed by atoms with Crippen LogP contribution >= 0.6 is 0 Å². The first kappa shape index (κ1) is 7.83. The van der Waals surface area contributed by atoms with Crippen LogP contribution in [0.3, 0.4) is 0 Å². The number of hydrogen-bond donors (Lipinski definition) is 3. The third kappa shape index (κ3) is 2.22. The van der Waals surface area contributed by atoms with E-state index >= 15 is 0 Å². The van der Waals surface area contributed by atoms with E-state index in [2.05, 4.69) is 5.73 Å². The second-order valence-corrected chi connectivity index (χ2v) is 2.78. The van der Waals surface area contributed by atoms with Crippen LogP contribution in [0.25, 0.3) is 0 Å². The second kappa shape index (κ2) is 2.40. The number of rotatable bonds is 2. The van der Waals surface area contributed by atoms with Crippen molar-refractivity contribution in [2.24, 2.45) is 5.73 Å². The monoisotopic (exact) mass is 141 g/mol. The maximum Gasteiger partial charge on any atom is 0.293 e. The van der Waals surface area contributed by atoms with E-state index < -0.39 is 22.1 Å². The molecule has 1 unspecified atom stereocenters. The molecule has 5 nitrogen and oxygen atoms in total. The molecule has 0 saturated carbocycles. The highest BCUT2D eigenvalue weighted by atomic mass is 32.2. The Bertz CT molecular complexity index is 149. The third-order valence-corrected chi connectivity index (χ3v) is 1.43. The topological polar surface area (TPSA) is 101 Å². The molecule has 4 N–H and O–H groups in total. The van der Waals surface area contributed by atoms with Crippen molar-refractivity contribution >= 4 is 10.1 Å². The van der Waals surface area contributed by atoms with Crippen molar-refractivity contribution in [3.8, 4) is 0 Å². The fourth-order valence-electron chi connectivity index (χ4n) is 0.122. The largest absolute Gasteiger partial charge is 0.374 e. The van der Waals surface area contributed by atoms with Gasteiger partial charge in [0, 0.05) is 6.54 Å². The van der Waals surface area contributed by atoms with Gasteiger partial charge in [0.1, 0.15) is 0 Å². The lowest BCUT2D eigenvalue weighted by Gasteiger charge is -1.99. The zero-order valence-electron chi connectivity index (χ0n) is 3.98. The van der Waals surface area contributed by atoms with Crippen LogP contribution in [-0.2, 0) is 10.1 Å². The molecule has 6 heteroatoms. The summed E-state index contributed by atoms with van der Waals surface area (Å²) in [5.41, 5.74) is 2.82. The first-order valence-electron chi connectivity index (χ1n) is 1.83. The smallest absolute Gasteiger partial charge is 0.293 e. The van der Waals surface area contributed by atoms with Gasteiger partial charge in [0.15, 0.2) is 5.44 Å². The van der Waals surface area contributed by atoms with Crippen LogP contribution in [0, 0.1) is 0 Å². The maximum absolute atomic E-state index is 9.79. The number of nitrogens with two attached hydrogens (primary N) is 1. The molecule has 0 aromatic carbocycles. The Balaban J connectivity index is 4.04. The van der Waals surface area contributed by atoms with Crippen LogP contribution in [0.4, 0.5) is 0 Å². The number of aliphatic hydroxyl groups excluding tert-OH is 1. The molecular formula is C2H7NO4S. The summed E-state index contributed by atoms with van der Waals surface area (Å²) in [6.45, 7) is -0.487. The number of hydrogen-bond acceptors (Lipinski definition) is 4. The molecule has 0 aliphatic heterocycles. The molecule has 0 bridgehead atoms. The Kier molecular flexibility index (Phi) is 2.35. The lowest BCUT2D eigenvalue weighted by Crippen LogP contribution is -2.28. The predicted octanol–water partition coefficient (Wildman–Crippen LogP) is -1.85. The molecule has 0 amide bonds. The van der Waals surface area contributed by atoms with Gasteiger partial charge in [-0.25, -0.2) is 0 Å². The summed E-state index contributed by atoms with van der Waals surface area (Å²) in [4.78, 5) is 0. The molecule has 1 atom stereocenters. The molecule has 0 aliphatic carbocycles. The first-order valence-corrected chi connectivity index (χ1v) is 3.33. The quantitative estimate of drug-likeness (QED) is 0.392. The van der Waals surface area contributed by atoms with E-state index in [0.29, 0.717) is 0 Å². The van der Waals surface area contributed by atoms with E-state index in [9.17, 15) is 8.42 Å². The molecule has 0 heterocycles. The maximum atomic E-state index is 9.79. The van der Waals surface area contributed by atoms with E-state index in [-0.39, 0.29) is 0 Å². The average Bonchev–Trinajstić information content (AvgIpc) is 1.62. The Morgan fingerprint density at radius 3 is 2.00 bits per heavy atom. The van der Waals surface area contributed by atoms with E-state index in [1.807, 2.05) is 0 Å². The van der Waals surface area contributed by atoms with E-state index in [0.717, 1.165) is 0 Å². The molecule has 0 aliphatic rings. The second-order valence-electron chi connectivity index (χ2n) is 1.21. The highest BCUT2D eigenvalue weighted by molar-refractivity contribution is 7.86. The lowest BCUT2D eigenvalue weighted by atomic mass is 10.7. The van der Waals surface area contributed by atoms with Crippen LogP contribution in [-0.4, -0.2) is 30.1 Å². The normalized spacial score (nSPS) is 15.9. The number of aliphatic hydroxyl groups is 1. The minimum Gasteiger partial charge on any atom is -0.374 e. The average molecular weight is 141 g/mol. The molecule has 50 valence electrons. The lowest BCUT2D eigenvalue weighted by molar-refractivity contribution is 0.240. The van der Waals surface area contributed by atoms with Gasteiger partial charge in [-0.15, -0.1) is 0 Å². The fourth-order valence-corrected chi connectivity index (χ4v) is 0.365. The van der Waals surface area contributed by atoms with Gasteiger partial charge in [-0.3, -0.25) is 4.55 Å². The van der Waals surface area contributed by atoms with Crippen LogP contribution in [0.15, 0.2) is 0 Å². The molecular weight excluding hydrogens is 134 g/mol. The predicted molar refractivity (Wildman–Crippen MR) is 26.6 cm³/mol. The zero-order chi connectivity index (χ0) is 6.78. The molecule has 0 saturated heterocycles. The summed E-state index contributed by atoms with van der Waals surface area (Å²) in [5.74, 6) is 0. The molecule has 0 rings (SSSR count). The molecule has 0 spiro atoms. The van der Waals surface area contributed by atoms with Gasteiger partial charge < -0.3 is 10.8 Å². The van der Waals surface area contributed by atoms with Crippen LogP contribution in [0.1, 0.15) is 0 Å². The van der Waals surface area contributed by atoms with Gasteiger partial charge in [0.05, 0.1) is 0 Å². The molecule has 0 aromatic heterocycles. The first-order chi connectivity index (χ1) is 3.48.